The third-order valence-corrected chi connectivity index (χ3v) is 5.11. The van der Waals surface area contributed by atoms with Crippen molar-refractivity contribution in [3.05, 3.63) is 11.9 Å². The molecule has 1 aromatic heterocycles. The van der Waals surface area contributed by atoms with E-state index < -0.39 is 0 Å². The van der Waals surface area contributed by atoms with Crippen molar-refractivity contribution in [3.8, 4) is 5.75 Å². The van der Waals surface area contributed by atoms with Crippen molar-refractivity contribution in [2.45, 2.75) is 51.1 Å². The minimum atomic E-state index is -0.00762. The van der Waals surface area contributed by atoms with E-state index in [-0.39, 0.29) is 11.6 Å². The van der Waals surface area contributed by atoms with Gasteiger partial charge in [-0.15, -0.1) is 0 Å². The van der Waals surface area contributed by atoms with E-state index in [1.165, 1.54) is 12.8 Å². The van der Waals surface area contributed by atoms with Crippen molar-refractivity contribution in [1.82, 2.24) is 20.1 Å². The number of methoxy groups -OCH3 is 1. The molecule has 1 fully saturated rings. The summed E-state index contributed by atoms with van der Waals surface area (Å²) in [6.07, 6.45) is 6.36. The van der Waals surface area contributed by atoms with Gasteiger partial charge in [-0.05, 0) is 38.8 Å². The number of likely N-dealkylation sites (tertiary alicyclic amines) is 1. The molecular formula is C15H29N5O. The predicted octanol–water partition coefficient (Wildman–Crippen LogP) is 1.59. The van der Waals surface area contributed by atoms with E-state index in [4.69, 9.17) is 10.6 Å². The lowest BCUT2D eigenvalue weighted by Gasteiger charge is -2.46. The number of hydrogen-bond acceptors (Lipinski definition) is 5. The molecule has 1 unspecified atom stereocenters. The van der Waals surface area contributed by atoms with E-state index in [1.54, 1.807) is 13.3 Å². The van der Waals surface area contributed by atoms with Crippen molar-refractivity contribution in [2.24, 2.45) is 12.9 Å². The summed E-state index contributed by atoms with van der Waals surface area (Å²) < 4.78 is 7.37. The van der Waals surface area contributed by atoms with Crippen molar-refractivity contribution >= 4 is 0 Å². The van der Waals surface area contributed by atoms with Crippen LogP contribution in [0.15, 0.2) is 6.20 Å². The zero-order valence-electron chi connectivity index (χ0n) is 13.7. The lowest BCUT2D eigenvalue weighted by Crippen LogP contribution is -2.57. The molecule has 0 aliphatic carbocycles. The van der Waals surface area contributed by atoms with Gasteiger partial charge in [0.15, 0.2) is 5.75 Å². The van der Waals surface area contributed by atoms with Crippen molar-refractivity contribution in [1.29, 1.82) is 0 Å². The Balaban J connectivity index is 2.46. The highest BCUT2D eigenvalue weighted by atomic mass is 16.5. The van der Waals surface area contributed by atoms with Crippen LogP contribution in [0.1, 0.15) is 51.3 Å². The fraction of sp³-hybridized carbons (Fsp3) is 0.800. The summed E-state index contributed by atoms with van der Waals surface area (Å²) in [4.78, 5) is 2.59. The van der Waals surface area contributed by atoms with Crippen LogP contribution in [0.25, 0.3) is 0 Å². The maximum Gasteiger partial charge on any atom is 0.161 e. The van der Waals surface area contributed by atoms with E-state index in [2.05, 4.69) is 29.3 Å². The summed E-state index contributed by atoms with van der Waals surface area (Å²) >= 11 is 0. The molecule has 0 radical (unpaired) electrons. The van der Waals surface area contributed by atoms with Crippen LogP contribution in [0.2, 0.25) is 0 Å². The molecule has 1 atom stereocenters. The topological polar surface area (TPSA) is 68.3 Å². The molecule has 2 rings (SSSR count). The molecule has 0 spiro atoms. The second-order valence-corrected chi connectivity index (χ2v) is 5.83. The second kappa shape index (κ2) is 6.77. The predicted molar refractivity (Wildman–Crippen MR) is 83.9 cm³/mol. The number of hydrogen-bond donors (Lipinski definition) is 2. The highest BCUT2D eigenvalue weighted by molar-refractivity contribution is 5.31. The highest BCUT2D eigenvalue weighted by Gasteiger charge is 2.44. The molecule has 1 aliphatic heterocycles. The van der Waals surface area contributed by atoms with E-state index in [0.29, 0.717) is 0 Å². The molecule has 1 aliphatic rings. The Morgan fingerprint density at radius 3 is 2.48 bits per heavy atom. The van der Waals surface area contributed by atoms with Crippen LogP contribution in [0.3, 0.4) is 0 Å². The van der Waals surface area contributed by atoms with Gasteiger partial charge < -0.3 is 4.74 Å². The molecule has 21 heavy (non-hydrogen) atoms. The van der Waals surface area contributed by atoms with Crippen LogP contribution in [-0.4, -0.2) is 40.4 Å². The third-order valence-electron chi connectivity index (χ3n) is 5.11. The van der Waals surface area contributed by atoms with Crippen LogP contribution < -0.4 is 16.0 Å². The zero-order chi connectivity index (χ0) is 15.5. The van der Waals surface area contributed by atoms with Crippen LogP contribution in [-0.2, 0) is 7.05 Å². The van der Waals surface area contributed by atoms with Crippen molar-refractivity contribution in [2.75, 3.05) is 20.2 Å². The first-order chi connectivity index (χ1) is 10.1. The monoisotopic (exact) mass is 295 g/mol. The standard InChI is InChI=1S/C15H29N5O/c1-5-15(6-2,20-9-7-8-10-20)14(18-16)13-12(21-4)11-17-19(13)3/h11,14,18H,5-10,16H2,1-4H3. The largest absolute Gasteiger partial charge is 0.493 e. The van der Waals surface area contributed by atoms with Gasteiger partial charge in [-0.1, -0.05) is 13.8 Å². The van der Waals surface area contributed by atoms with Crippen LogP contribution in [0, 0.1) is 0 Å². The van der Waals surface area contributed by atoms with Gasteiger partial charge in [0.25, 0.3) is 0 Å². The first-order valence-electron chi connectivity index (χ1n) is 7.91. The lowest BCUT2D eigenvalue weighted by molar-refractivity contribution is 0.0575. The number of ether oxygens (including phenoxy) is 1. The minimum absolute atomic E-state index is 0.00644. The number of nitrogens with one attached hydrogen (secondary N) is 1. The molecule has 6 heteroatoms. The Hall–Kier alpha value is -1.11. The molecular weight excluding hydrogens is 266 g/mol. The molecule has 0 amide bonds. The molecule has 1 aromatic rings. The van der Waals surface area contributed by atoms with Gasteiger partial charge in [-0.3, -0.25) is 15.4 Å². The summed E-state index contributed by atoms with van der Waals surface area (Å²) in [7, 11) is 3.63. The molecule has 6 nitrogen and oxygen atoms in total. The molecule has 0 bridgehead atoms. The number of aromatic nitrogens is 2. The number of nitrogens with zero attached hydrogens (tertiary/aromatic N) is 3. The average Bonchev–Trinajstić information content (AvgIpc) is 3.15. The first kappa shape index (κ1) is 16.3. The SMILES string of the molecule is CCC(CC)(C(NN)c1c(OC)cnn1C)N1CCCC1. The van der Waals surface area contributed by atoms with Crippen LogP contribution in [0.5, 0.6) is 5.75 Å². The third kappa shape index (κ3) is 2.67. The molecule has 0 aromatic carbocycles. The molecule has 2 heterocycles. The summed E-state index contributed by atoms with van der Waals surface area (Å²) in [6.45, 7) is 6.77. The molecule has 120 valence electrons. The number of rotatable bonds is 7. The average molecular weight is 295 g/mol. The number of aryl methyl sites for hydroxylation is 1. The summed E-state index contributed by atoms with van der Waals surface area (Å²) in [5.41, 5.74) is 4.07. The van der Waals surface area contributed by atoms with Gasteiger partial charge in [0.05, 0.1) is 19.3 Å². The summed E-state index contributed by atoms with van der Waals surface area (Å²) in [6, 6.07) is -0.00644. The van der Waals surface area contributed by atoms with Gasteiger partial charge in [-0.25, -0.2) is 5.43 Å². The normalized spacial score (nSPS) is 18.1. The van der Waals surface area contributed by atoms with Crippen molar-refractivity contribution < 1.29 is 4.74 Å². The van der Waals surface area contributed by atoms with Gasteiger partial charge >= 0.3 is 0 Å². The van der Waals surface area contributed by atoms with E-state index in [9.17, 15) is 0 Å². The number of nitrogens with two attached hydrogens (primary N) is 1. The van der Waals surface area contributed by atoms with Crippen LogP contribution in [0.4, 0.5) is 0 Å². The Morgan fingerprint density at radius 2 is 2.00 bits per heavy atom. The number of hydrazine groups is 1. The Kier molecular flexibility index (Phi) is 5.24. The lowest BCUT2D eigenvalue weighted by atomic mass is 9.81. The maximum absolute atomic E-state index is 5.99. The van der Waals surface area contributed by atoms with Gasteiger partial charge in [0.2, 0.25) is 0 Å². The van der Waals surface area contributed by atoms with E-state index in [0.717, 1.165) is 37.4 Å². The summed E-state index contributed by atoms with van der Waals surface area (Å²) in [5, 5.41) is 4.34. The molecule has 0 saturated carbocycles. The first-order valence-corrected chi connectivity index (χ1v) is 7.91. The van der Waals surface area contributed by atoms with E-state index in [1.807, 2.05) is 11.7 Å². The van der Waals surface area contributed by atoms with Crippen molar-refractivity contribution in [3.63, 3.8) is 0 Å². The fourth-order valence-electron chi connectivity index (χ4n) is 3.85. The van der Waals surface area contributed by atoms with Gasteiger partial charge in [0, 0.05) is 12.6 Å². The summed E-state index contributed by atoms with van der Waals surface area (Å²) in [5.74, 6) is 6.79. The minimum Gasteiger partial charge on any atom is -0.493 e. The molecule has 1 saturated heterocycles. The van der Waals surface area contributed by atoms with E-state index >= 15 is 0 Å². The second-order valence-electron chi connectivity index (χ2n) is 5.83. The van der Waals surface area contributed by atoms with Gasteiger partial charge in [-0.2, -0.15) is 5.10 Å². The smallest absolute Gasteiger partial charge is 0.161 e. The maximum atomic E-state index is 5.99. The Labute approximate surface area is 127 Å². The quantitative estimate of drug-likeness (QED) is 0.590. The Morgan fingerprint density at radius 1 is 1.38 bits per heavy atom. The van der Waals surface area contributed by atoms with Gasteiger partial charge in [0.1, 0.15) is 5.69 Å². The molecule has 3 N–H and O–H groups in total. The zero-order valence-corrected chi connectivity index (χ0v) is 13.7. The fourth-order valence-corrected chi connectivity index (χ4v) is 3.85. The Bertz CT molecular complexity index is 449. The highest BCUT2D eigenvalue weighted by Crippen LogP contribution is 2.41. The van der Waals surface area contributed by atoms with Crippen LogP contribution >= 0.6 is 0 Å².